The minimum Gasteiger partial charge on any atom is -0.497 e. The number of anilines is 1. The van der Waals surface area contributed by atoms with Crippen LogP contribution in [0.1, 0.15) is 16.8 Å². The Morgan fingerprint density at radius 2 is 1.81 bits per heavy atom. The number of amides is 2. The van der Waals surface area contributed by atoms with Crippen molar-refractivity contribution in [3.05, 3.63) is 59.1 Å². The Morgan fingerprint density at radius 3 is 2.50 bits per heavy atom. The van der Waals surface area contributed by atoms with E-state index in [1.807, 2.05) is 24.3 Å². The smallest absolute Gasteiger partial charge is 0.255 e. The number of benzene rings is 2. The molecule has 0 saturated heterocycles. The Kier molecular flexibility index (Phi) is 8.55. The molecule has 0 aliphatic heterocycles. The van der Waals surface area contributed by atoms with Crippen LogP contribution < -0.4 is 10.1 Å². The molecule has 168 valence electrons. The number of halogens is 1. The van der Waals surface area contributed by atoms with Gasteiger partial charge in [-0.3, -0.25) is 9.59 Å². The quantitative estimate of drug-likeness (QED) is 0.477. The highest BCUT2D eigenvalue weighted by atomic mass is 35.5. The molecule has 10 heteroatoms. The number of hydrogen-bond donors (Lipinski definition) is 1. The average Bonchev–Trinajstić information content (AvgIpc) is 3.27. The third kappa shape index (κ3) is 6.25. The summed E-state index contributed by atoms with van der Waals surface area (Å²) in [5, 5.41) is 12.3. The van der Waals surface area contributed by atoms with E-state index in [9.17, 15) is 9.59 Å². The first-order valence-electron chi connectivity index (χ1n) is 9.82. The number of nitrogens with one attached hydrogen (secondary N) is 1. The molecule has 0 aliphatic rings. The minimum atomic E-state index is -0.267. The fraction of sp³-hybridized carbons (Fsp3) is 0.273. The zero-order valence-corrected chi connectivity index (χ0v) is 19.3. The van der Waals surface area contributed by atoms with E-state index in [1.165, 1.54) is 11.3 Å². The topological polar surface area (TPSA) is 93.7 Å². The zero-order valence-electron chi connectivity index (χ0n) is 17.7. The van der Waals surface area contributed by atoms with E-state index >= 15 is 0 Å². The predicted molar refractivity (Wildman–Crippen MR) is 124 cm³/mol. The monoisotopic (exact) mass is 474 g/mol. The van der Waals surface area contributed by atoms with Gasteiger partial charge in [-0.1, -0.05) is 35.1 Å². The van der Waals surface area contributed by atoms with E-state index in [2.05, 4.69) is 15.5 Å². The molecule has 0 radical (unpaired) electrons. The molecule has 8 nitrogen and oxygen atoms in total. The maximum absolute atomic E-state index is 12.9. The molecule has 0 saturated carbocycles. The third-order valence-corrected chi connectivity index (χ3v) is 5.79. The van der Waals surface area contributed by atoms with Gasteiger partial charge in [-0.2, -0.15) is 0 Å². The molecule has 3 rings (SSSR count). The number of ether oxygens (including phenoxy) is 2. The van der Waals surface area contributed by atoms with Gasteiger partial charge in [0.1, 0.15) is 10.8 Å². The molecule has 0 aliphatic carbocycles. The average molecular weight is 475 g/mol. The summed E-state index contributed by atoms with van der Waals surface area (Å²) in [6.45, 7) is 0.900. The van der Waals surface area contributed by atoms with Crippen molar-refractivity contribution in [3.63, 3.8) is 0 Å². The number of aromatic nitrogens is 2. The van der Waals surface area contributed by atoms with E-state index in [0.717, 1.165) is 11.3 Å². The van der Waals surface area contributed by atoms with E-state index in [4.69, 9.17) is 21.1 Å². The van der Waals surface area contributed by atoms with Gasteiger partial charge < -0.3 is 19.7 Å². The molecular weight excluding hydrogens is 452 g/mol. The third-order valence-electron chi connectivity index (χ3n) is 4.57. The molecule has 0 spiro atoms. The van der Waals surface area contributed by atoms with Crippen molar-refractivity contribution in [2.45, 2.75) is 6.42 Å². The van der Waals surface area contributed by atoms with E-state index in [0.29, 0.717) is 33.9 Å². The van der Waals surface area contributed by atoms with Gasteiger partial charge in [0.25, 0.3) is 5.91 Å². The van der Waals surface area contributed by atoms with Crippen LogP contribution in [0, 0.1) is 0 Å². The fourth-order valence-electron chi connectivity index (χ4n) is 2.86. The minimum absolute atomic E-state index is 0.0946. The highest BCUT2D eigenvalue weighted by Gasteiger charge is 2.19. The molecule has 32 heavy (non-hydrogen) atoms. The molecule has 0 bridgehead atoms. The second kappa shape index (κ2) is 11.6. The number of carbonyl (C=O) groups is 2. The fourth-order valence-corrected chi connectivity index (χ4v) is 3.85. The summed E-state index contributed by atoms with van der Waals surface area (Å²) in [6.07, 6.45) is 0.0946. The highest BCUT2D eigenvalue weighted by Crippen LogP contribution is 2.27. The normalized spacial score (nSPS) is 10.6. The molecule has 3 aromatic rings. The van der Waals surface area contributed by atoms with Crippen molar-refractivity contribution < 1.29 is 19.1 Å². The first-order chi connectivity index (χ1) is 15.5. The number of rotatable bonds is 10. The standard InChI is InChI=1S/C22H23ClN4O4S/c1-30-14-13-27(21(29)17-5-3-4-6-18(17)23)12-11-19(28)24-22-26-25-20(32-22)15-7-9-16(31-2)10-8-15/h3-10H,11-14H2,1-2H3,(H,24,26,28). The summed E-state index contributed by atoms with van der Waals surface area (Å²) in [5.74, 6) is 0.228. The maximum Gasteiger partial charge on any atom is 0.255 e. The van der Waals surface area contributed by atoms with Crippen LogP contribution in [0.4, 0.5) is 5.13 Å². The first kappa shape index (κ1) is 23.6. The summed E-state index contributed by atoms with van der Waals surface area (Å²) in [6, 6.07) is 14.2. The Hall–Kier alpha value is -3.01. The zero-order chi connectivity index (χ0) is 22.9. The summed E-state index contributed by atoms with van der Waals surface area (Å²) in [5.41, 5.74) is 1.26. The number of methoxy groups -OCH3 is 2. The number of hydrogen-bond acceptors (Lipinski definition) is 7. The molecule has 2 amide bonds. The Bertz CT molecular complexity index is 1060. The molecule has 0 fully saturated rings. The number of nitrogens with zero attached hydrogens (tertiary/aromatic N) is 3. The number of carbonyl (C=O) groups excluding carboxylic acids is 2. The second-order valence-corrected chi connectivity index (χ2v) is 8.09. The van der Waals surface area contributed by atoms with Gasteiger partial charge in [-0.25, -0.2) is 0 Å². The highest BCUT2D eigenvalue weighted by molar-refractivity contribution is 7.18. The van der Waals surface area contributed by atoms with Crippen LogP contribution >= 0.6 is 22.9 Å². The van der Waals surface area contributed by atoms with Crippen LogP contribution in [0.5, 0.6) is 5.75 Å². The van der Waals surface area contributed by atoms with Crippen molar-refractivity contribution in [1.82, 2.24) is 15.1 Å². The lowest BCUT2D eigenvalue weighted by atomic mass is 10.2. The van der Waals surface area contributed by atoms with Crippen LogP contribution in [0.2, 0.25) is 5.02 Å². The van der Waals surface area contributed by atoms with Gasteiger partial charge in [-0.15, -0.1) is 10.2 Å². The summed E-state index contributed by atoms with van der Waals surface area (Å²) in [4.78, 5) is 26.9. The van der Waals surface area contributed by atoms with Crippen LogP contribution in [0.25, 0.3) is 10.6 Å². The van der Waals surface area contributed by atoms with Crippen molar-refractivity contribution in [2.24, 2.45) is 0 Å². The second-order valence-electron chi connectivity index (χ2n) is 6.70. The summed E-state index contributed by atoms with van der Waals surface area (Å²) < 4.78 is 10.3. The van der Waals surface area contributed by atoms with Crippen LogP contribution in [-0.4, -0.2) is 60.8 Å². The molecule has 1 heterocycles. The van der Waals surface area contributed by atoms with Crippen LogP contribution in [-0.2, 0) is 9.53 Å². The molecule has 0 atom stereocenters. The van der Waals surface area contributed by atoms with Gasteiger partial charge in [0.15, 0.2) is 0 Å². The summed E-state index contributed by atoms with van der Waals surface area (Å²) >= 11 is 7.43. The summed E-state index contributed by atoms with van der Waals surface area (Å²) in [7, 11) is 3.16. The molecule has 1 aromatic heterocycles. The van der Waals surface area contributed by atoms with Crippen molar-refractivity contribution >= 4 is 39.9 Å². The lowest BCUT2D eigenvalue weighted by Crippen LogP contribution is -2.36. The first-order valence-corrected chi connectivity index (χ1v) is 11.0. The Balaban J connectivity index is 1.59. The largest absolute Gasteiger partial charge is 0.497 e. The van der Waals surface area contributed by atoms with E-state index in [1.54, 1.807) is 43.4 Å². The lowest BCUT2D eigenvalue weighted by molar-refractivity contribution is -0.116. The van der Waals surface area contributed by atoms with E-state index < -0.39 is 0 Å². The van der Waals surface area contributed by atoms with Crippen LogP contribution in [0.15, 0.2) is 48.5 Å². The Morgan fingerprint density at radius 1 is 1.06 bits per heavy atom. The van der Waals surface area contributed by atoms with Gasteiger partial charge >= 0.3 is 0 Å². The van der Waals surface area contributed by atoms with Gasteiger partial charge in [0.05, 0.1) is 24.3 Å². The molecule has 2 aromatic carbocycles. The Labute approximate surface area is 195 Å². The van der Waals surface area contributed by atoms with Gasteiger partial charge in [0, 0.05) is 32.2 Å². The maximum atomic E-state index is 12.9. The van der Waals surface area contributed by atoms with Crippen molar-refractivity contribution in [3.8, 4) is 16.3 Å². The predicted octanol–water partition coefficient (Wildman–Crippen LogP) is 3.98. The van der Waals surface area contributed by atoms with E-state index in [-0.39, 0.29) is 24.8 Å². The van der Waals surface area contributed by atoms with Crippen molar-refractivity contribution in [2.75, 3.05) is 39.2 Å². The van der Waals surface area contributed by atoms with Gasteiger partial charge in [-0.05, 0) is 36.4 Å². The molecular formula is C22H23ClN4O4S. The SMILES string of the molecule is COCCN(CCC(=O)Nc1nnc(-c2ccc(OC)cc2)s1)C(=O)c1ccccc1Cl. The lowest BCUT2D eigenvalue weighted by Gasteiger charge is -2.22. The van der Waals surface area contributed by atoms with Gasteiger partial charge in [0.2, 0.25) is 11.0 Å². The van der Waals surface area contributed by atoms with Crippen LogP contribution in [0.3, 0.4) is 0 Å². The van der Waals surface area contributed by atoms with Crippen molar-refractivity contribution in [1.29, 1.82) is 0 Å². The molecule has 0 unspecified atom stereocenters. The molecule has 1 N–H and O–H groups in total.